The van der Waals surface area contributed by atoms with E-state index in [9.17, 15) is 24.6 Å². The van der Waals surface area contributed by atoms with E-state index in [0.29, 0.717) is 19.6 Å². The number of hydrogen-bond acceptors (Lipinski definition) is 7. The Bertz CT molecular complexity index is 1120. The fraction of sp³-hybridized carbons (Fsp3) is 0.531. The Balaban J connectivity index is 2.31. The summed E-state index contributed by atoms with van der Waals surface area (Å²) >= 11 is 0. The van der Waals surface area contributed by atoms with Gasteiger partial charge in [-0.3, -0.25) is 9.59 Å². The van der Waals surface area contributed by atoms with E-state index in [-0.39, 0.29) is 30.4 Å². The van der Waals surface area contributed by atoms with Crippen LogP contribution >= 0.6 is 0 Å². The van der Waals surface area contributed by atoms with Gasteiger partial charge in [0.1, 0.15) is 17.4 Å². The Labute approximate surface area is 249 Å². The predicted molar refractivity (Wildman–Crippen MR) is 161 cm³/mol. The van der Waals surface area contributed by atoms with Crippen LogP contribution in [0.4, 0.5) is 4.79 Å². The number of carbonyl (C=O) groups is 3. The van der Waals surface area contributed by atoms with Crippen molar-refractivity contribution in [2.45, 2.75) is 77.7 Å². The van der Waals surface area contributed by atoms with Crippen molar-refractivity contribution >= 4 is 17.9 Å². The number of amides is 3. The number of carbonyl (C=O) groups excluding carboxylic acids is 3. The minimum atomic E-state index is -1.13. The Kier molecular flexibility index (Phi) is 13.8. The SMILES string of the molecule is COCCNC(=O)[C@@H](NC(=O)[C@H](Cc1ccc(O)cc1)C[C@H](O)[C@H](Cc1ccccc1)NC(=O)OC(C)(C)C)C(C)C. The van der Waals surface area contributed by atoms with Crippen LogP contribution in [0, 0.1) is 11.8 Å². The second-order valence-corrected chi connectivity index (χ2v) is 11.8. The van der Waals surface area contributed by atoms with Crippen molar-refractivity contribution in [3.63, 3.8) is 0 Å². The lowest BCUT2D eigenvalue weighted by Gasteiger charge is -2.30. The number of methoxy groups -OCH3 is 1. The van der Waals surface area contributed by atoms with Gasteiger partial charge in [0.05, 0.1) is 18.8 Å². The third-order valence-electron chi connectivity index (χ3n) is 6.63. The van der Waals surface area contributed by atoms with Gasteiger partial charge in [0.2, 0.25) is 11.8 Å². The van der Waals surface area contributed by atoms with Crippen molar-refractivity contribution < 1.29 is 34.1 Å². The number of aromatic hydroxyl groups is 1. The normalized spacial score (nSPS) is 14.4. The molecular weight excluding hydrogens is 538 g/mol. The molecule has 10 nitrogen and oxygen atoms in total. The molecule has 0 aliphatic heterocycles. The van der Waals surface area contributed by atoms with Crippen LogP contribution < -0.4 is 16.0 Å². The number of alkyl carbamates (subject to hydrolysis) is 1. The maximum atomic E-state index is 13.7. The second kappa shape index (κ2) is 16.7. The first kappa shape index (κ1) is 34.6. The van der Waals surface area contributed by atoms with Crippen LogP contribution in [-0.4, -0.2) is 72.2 Å². The zero-order chi connectivity index (χ0) is 31.3. The summed E-state index contributed by atoms with van der Waals surface area (Å²) in [5.74, 6) is -1.59. The molecule has 0 aliphatic rings. The number of rotatable bonds is 15. The van der Waals surface area contributed by atoms with Gasteiger partial charge in [-0.15, -0.1) is 0 Å². The molecule has 2 rings (SSSR count). The lowest BCUT2D eigenvalue weighted by Crippen LogP contribution is -2.53. The molecule has 2 aromatic rings. The van der Waals surface area contributed by atoms with E-state index in [4.69, 9.17) is 9.47 Å². The number of ether oxygens (including phenoxy) is 2. The number of hydrogen-bond donors (Lipinski definition) is 5. The molecule has 0 saturated heterocycles. The summed E-state index contributed by atoms with van der Waals surface area (Å²) < 4.78 is 10.4. The minimum Gasteiger partial charge on any atom is -0.508 e. The summed E-state index contributed by atoms with van der Waals surface area (Å²) in [6.45, 7) is 9.59. The number of aliphatic hydroxyl groups excluding tert-OH is 1. The third-order valence-corrected chi connectivity index (χ3v) is 6.63. The number of benzene rings is 2. The molecule has 10 heteroatoms. The lowest BCUT2D eigenvalue weighted by atomic mass is 9.88. The van der Waals surface area contributed by atoms with Gasteiger partial charge < -0.3 is 35.6 Å². The molecule has 0 radical (unpaired) electrons. The van der Waals surface area contributed by atoms with E-state index in [2.05, 4.69) is 16.0 Å². The van der Waals surface area contributed by atoms with Crippen LogP contribution in [0.2, 0.25) is 0 Å². The van der Waals surface area contributed by atoms with E-state index >= 15 is 0 Å². The summed E-state index contributed by atoms with van der Waals surface area (Å²) in [5, 5.41) is 29.6. The van der Waals surface area contributed by atoms with Gasteiger partial charge in [0, 0.05) is 19.6 Å². The van der Waals surface area contributed by atoms with E-state index in [1.165, 1.54) is 19.2 Å². The molecule has 0 saturated carbocycles. The number of phenols is 1. The molecule has 4 atom stereocenters. The number of aliphatic hydroxyl groups is 1. The Hall–Kier alpha value is -3.63. The summed E-state index contributed by atoms with van der Waals surface area (Å²) in [7, 11) is 1.54. The molecule has 42 heavy (non-hydrogen) atoms. The first-order valence-corrected chi connectivity index (χ1v) is 14.4. The molecule has 2 aromatic carbocycles. The maximum absolute atomic E-state index is 13.7. The van der Waals surface area contributed by atoms with Crippen LogP contribution in [0.1, 0.15) is 52.2 Å². The van der Waals surface area contributed by atoms with Crippen LogP contribution in [-0.2, 0) is 31.9 Å². The highest BCUT2D eigenvalue weighted by Gasteiger charge is 2.32. The van der Waals surface area contributed by atoms with Crippen LogP contribution in [0.15, 0.2) is 54.6 Å². The summed E-state index contributed by atoms with van der Waals surface area (Å²) in [5.41, 5.74) is 0.929. The highest BCUT2D eigenvalue weighted by Crippen LogP contribution is 2.21. The van der Waals surface area contributed by atoms with Gasteiger partial charge >= 0.3 is 6.09 Å². The summed E-state index contributed by atoms with van der Waals surface area (Å²) in [6, 6.07) is 14.3. The van der Waals surface area contributed by atoms with Gasteiger partial charge in [-0.25, -0.2) is 4.79 Å². The van der Waals surface area contributed by atoms with Crippen LogP contribution in [0.5, 0.6) is 5.75 Å². The van der Waals surface area contributed by atoms with Crippen molar-refractivity contribution in [1.29, 1.82) is 0 Å². The molecular formula is C32H47N3O7. The number of nitrogens with one attached hydrogen (secondary N) is 3. The fourth-order valence-electron chi connectivity index (χ4n) is 4.46. The monoisotopic (exact) mass is 585 g/mol. The Morgan fingerprint density at radius 2 is 1.50 bits per heavy atom. The highest BCUT2D eigenvalue weighted by molar-refractivity contribution is 5.88. The van der Waals surface area contributed by atoms with Gasteiger partial charge in [-0.1, -0.05) is 56.3 Å². The van der Waals surface area contributed by atoms with Gasteiger partial charge in [-0.2, -0.15) is 0 Å². The van der Waals surface area contributed by atoms with Gasteiger partial charge in [0.15, 0.2) is 0 Å². The van der Waals surface area contributed by atoms with E-state index in [1.807, 2.05) is 44.2 Å². The topological polar surface area (TPSA) is 146 Å². The maximum Gasteiger partial charge on any atom is 0.407 e. The van der Waals surface area contributed by atoms with E-state index < -0.39 is 41.7 Å². The summed E-state index contributed by atoms with van der Waals surface area (Å²) in [6.07, 6.45) is -1.25. The molecule has 0 spiro atoms. The molecule has 0 unspecified atom stereocenters. The second-order valence-electron chi connectivity index (χ2n) is 11.8. The molecule has 5 N–H and O–H groups in total. The average molecular weight is 586 g/mol. The van der Waals surface area contributed by atoms with E-state index in [0.717, 1.165) is 11.1 Å². The van der Waals surface area contributed by atoms with Gasteiger partial charge in [0.25, 0.3) is 0 Å². The predicted octanol–water partition coefficient (Wildman–Crippen LogP) is 3.34. The molecule has 232 valence electrons. The van der Waals surface area contributed by atoms with Crippen molar-refractivity contribution in [3.05, 3.63) is 65.7 Å². The number of phenolic OH excluding ortho intramolecular Hbond substituents is 1. The molecule has 0 aliphatic carbocycles. The fourth-order valence-corrected chi connectivity index (χ4v) is 4.46. The standard InChI is InChI=1S/C32H47N3O7/c1-21(2)28(30(39)33-16-17-41-6)35-29(38)24(18-23-12-14-25(36)15-13-23)20-27(37)26(19-22-10-8-7-9-11-22)34-31(40)42-32(3,4)5/h7-15,21,24,26-28,36-37H,16-20H2,1-6H3,(H,33,39)(H,34,40)(H,35,38)/t24-,26+,27+,28+/m1/s1. The molecule has 0 fully saturated rings. The molecule has 0 bridgehead atoms. The van der Waals surface area contributed by atoms with Crippen molar-refractivity contribution in [3.8, 4) is 5.75 Å². The summed E-state index contributed by atoms with van der Waals surface area (Å²) in [4.78, 5) is 39.3. The molecule has 0 aromatic heterocycles. The average Bonchev–Trinajstić information content (AvgIpc) is 2.91. The first-order chi connectivity index (χ1) is 19.8. The van der Waals surface area contributed by atoms with Crippen LogP contribution in [0.3, 0.4) is 0 Å². The highest BCUT2D eigenvalue weighted by atomic mass is 16.6. The smallest absolute Gasteiger partial charge is 0.407 e. The first-order valence-electron chi connectivity index (χ1n) is 14.4. The van der Waals surface area contributed by atoms with Crippen molar-refractivity contribution in [1.82, 2.24) is 16.0 Å². The zero-order valence-corrected chi connectivity index (χ0v) is 25.6. The largest absolute Gasteiger partial charge is 0.508 e. The Morgan fingerprint density at radius 1 is 0.881 bits per heavy atom. The minimum absolute atomic E-state index is 0.00385. The zero-order valence-electron chi connectivity index (χ0n) is 25.6. The lowest BCUT2D eigenvalue weighted by molar-refractivity contribution is -0.132. The van der Waals surface area contributed by atoms with Crippen molar-refractivity contribution in [2.75, 3.05) is 20.3 Å². The molecule has 0 heterocycles. The van der Waals surface area contributed by atoms with Gasteiger partial charge in [-0.05, 0) is 69.2 Å². The van der Waals surface area contributed by atoms with Crippen molar-refractivity contribution in [2.24, 2.45) is 11.8 Å². The quantitative estimate of drug-likeness (QED) is 0.202. The van der Waals surface area contributed by atoms with E-state index in [1.54, 1.807) is 32.9 Å². The Morgan fingerprint density at radius 3 is 2.07 bits per heavy atom. The third kappa shape index (κ3) is 12.5. The van der Waals surface area contributed by atoms with Crippen LogP contribution in [0.25, 0.3) is 0 Å². The molecule has 3 amide bonds.